The van der Waals surface area contributed by atoms with E-state index in [0.717, 1.165) is 5.56 Å². The molecule has 1 aliphatic heterocycles. The minimum Gasteiger partial charge on any atom is -0.428 e. The van der Waals surface area contributed by atoms with Gasteiger partial charge in [-0.2, -0.15) is 0 Å². The van der Waals surface area contributed by atoms with Crippen LogP contribution in [0.15, 0.2) is 36.4 Å². The van der Waals surface area contributed by atoms with Crippen molar-refractivity contribution in [3.05, 3.63) is 42.0 Å². The molecule has 1 unspecified atom stereocenters. The summed E-state index contributed by atoms with van der Waals surface area (Å²) in [4.78, 5) is 11.5. The fourth-order valence-electron chi connectivity index (χ4n) is 1.49. The highest BCUT2D eigenvalue weighted by molar-refractivity contribution is 6.18. The topological polar surface area (TPSA) is 35.5 Å². The van der Waals surface area contributed by atoms with Gasteiger partial charge in [0.05, 0.1) is 5.57 Å². The number of ether oxygens (including phenoxy) is 2. The molecule has 0 fully saturated rings. The van der Waals surface area contributed by atoms with Gasteiger partial charge in [0.1, 0.15) is 0 Å². The fourth-order valence-corrected chi connectivity index (χ4v) is 1.49. The van der Waals surface area contributed by atoms with E-state index in [9.17, 15) is 4.79 Å². The van der Waals surface area contributed by atoms with E-state index in [1.165, 1.54) is 0 Å². The van der Waals surface area contributed by atoms with Gasteiger partial charge in [-0.3, -0.25) is 0 Å². The lowest BCUT2D eigenvalue weighted by atomic mass is 10.1. The summed E-state index contributed by atoms with van der Waals surface area (Å²) in [6.45, 7) is 2.39. The summed E-state index contributed by atoms with van der Waals surface area (Å²) in [6, 6.07) is 9.43. The summed E-state index contributed by atoms with van der Waals surface area (Å²) >= 11 is 0. The van der Waals surface area contributed by atoms with Crippen LogP contribution in [-0.4, -0.2) is 18.9 Å². The van der Waals surface area contributed by atoms with Crippen molar-refractivity contribution in [1.82, 2.24) is 0 Å². The smallest absolute Gasteiger partial charge is 0.341 e. The number of carbonyl (C=O) groups is 1. The zero-order chi connectivity index (χ0) is 10.7. The third-order valence-electron chi connectivity index (χ3n) is 2.16. The first-order valence-corrected chi connectivity index (χ1v) is 4.91. The van der Waals surface area contributed by atoms with Gasteiger partial charge in [0, 0.05) is 6.61 Å². The maximum absolute atomic E-state index is 11.5. The molecule has 0 saturated heterocycles. The maximum Gasteiger partial charge on any atom is 0.341 e. The lowest BCUT2D eigenvalue weighted by molar-refractivity contribution is -0.156. The van der Waals surface area contributed by atoms with Crippen molar-refractivity contribution < 1.29 is 14.3 Å². The highest BCUT2D eigenvalue weighted by atomic mass is 16.7. The Morgan fingerprint density at radius 3 is 2.73 bits per heavy atom. The molecule has 15 heavy (non-hydrogen) atoms. The Morgan fingerprint density at radius 2 is 2.07 bits per heavy atom. The van der Waals surface area contributed by atoms with Gasteiger partial charge in [-0.1, -0.05) is 30.3 Å². The molecule has 2 rings (SSSR count). The second kappa shape index (κ2) is 4.28. The summed E-state index contributed by atoms with van der Waals surface area (Å²) in [5.41, 5.74) is 1.44. The van der Waals surface area contributed by atoms with E-state index in [4.69, 9.17) is 9.47 Å². The van der Waals surface area contributed by atoms with Crippen LogP contribution < -0.4 is 0 Å². The fraction of sp³-hybridized carbons (Fsp3) is 0.250. The average molecular weight is 204 g/mol. The summed E-state index contributed by atoms with van der Waals surface area (Å²) in [5, 5.41) is 0. The van der Waals surface area contributed by atoms with Crippen LogP contribution in [0.1, 0.15) is 12.5 Å². The van der Waals surface area contributed by atoms with Crippen LogP contribution in [0.4, 0.5) is 0 Å². The molecule has 1 aliphatic rings. The van der Waals surface area contributed by atoms with Gasteiger partial charge in [-0.25, -0.2) is 4.79 Å². The van der Waals surface area contributed by atoms with E-state index < -0.39 is 6.29 Å². The molecule has 1 aromatic rings. The molecular formula is C12H12O3. The molecule has 0 N–H and O–H groups in total. The van der Waals surface area contributed by atoms with Gasteiger partial charge in [0.15, 0.2) is 0 Å². The zero-order valence-electron chi connectivity index (χ0n) is 8.47. The quantitative estimate of drug-likeness (QED) is 0.706. The molecule has 0 radical (unpaired) electrons. The minimum atomic E-state index is -0.530. The highest BCUT2D eigenvalue weighted by Gasteiger charge is 2.26. The molecule has 78 valence electrons. The molecule has 1 heterocycles. The zero-order valence-corrected chi connectivity index (χ0v) is 8.47. The Balaban J connectivity index is 2.22. The molecule has 0 bridgehead atoms. The largest absolute Gasteiger partial charge is 0.428 e. The van der Waals surface area contributed by atoms with Gasteiger partial charge in [0.2, 0.25) is 6.29 Å². The molecule has 1 atom stereocenters. The molecule has 3 heteroatoms. The van der Waals surface area contributed by atoms with Crippen molar-refractivity contribution in [3.8, 4) is 0 Å². The van der Waals surface area contributed by atoms with E-state index in [1.807, 2.05) is 37.3 Å². The maximum atomic E-state index is 11.5. The molecule has 0 spiro atoms. The standard InChI is InChI=1S/C12H12O3/c1-2-14-11-8-10(12(13)15-11)9-6-4-3-5-7-9/h3-8,11H,2H2,1H3. The van der Waals surface area contributed by atoms with Crippen molar-refractivity contribution in [3.63, 3.8) is 0 Å². The number of cyclic esters (lactones) is 1. The minimum absolute atomic E-state index is 0.320. The second-order valence-corrected chi connectivity index (χ2v) is 3.18. The second-order valence-electron chi connectivity index (χ2n) is 3.18. The number of esters is 1. The molecule has 0 aliphatic carbocycles. The van der Waals surface area contributed by atoms with Gasteiger partial charge in [-0.05, 0) is 18.6 Å². The van der Waals surface area contributed by atoms with Crippen molar-refractivity contribution in [2.24, 2.45) is 0 Å². The van der Waals surface area contributed by atoms with Gasteiger partial charge in [-0.15, -0.1) is 0 Å². The van der Waals surface area contributed by atoms with Crippen LogP contribution in [0.5, 0.6) is 0 Å². The van der Waals surface area contributed by atoms with Gasteiger partial charge < -0.3 is 9.47 Å². The molecule has 0 amide bonds. The third kappa shape index (κ3) is 2.07. The van der Waals surface area contributed by atoms with Crippen LogP contribution in [0, 0.1) is 0 Å². The lowest BCUT2D eigenvalue weighted by Crippen LogP contribution is -2.11. The number of rotatable bonds is 3. The Morgan fingerprint density at radius 1 is 1.33 bits per heavy atom. The number of hydrogen-bond donors (Lipinski definition) is 0. The van der Waals surface area contributed by atoms with Crippen LogP contribution >= 0.6 is 0 Å². The number of benzene rings is 1. The first-order valence-electron chi connectivity index (χ1n) is 4.91. The number of hydrogen-bond acceptors (Lipinski definition) is 3. The van der Waals surface area contributed by atoms with E-state index in [0.29, 0.717) is 12.2 Å². The lowest BCUT2D eigenvalue weighted by Gasteiger charge is -2.05. The van der Waals surface area contributed by atoms with E-state index >= 15 is 0 Å². The van der Waals surface area contributed by atoms with Crippen LogP contribution in [-0.2, 0) is 14.3 Å². The predicted molar refractivity (Wildman–Crippen MR) is 55.9 cm³/mol. The van der Waals surface area contributed by atoms with Gasteiger partial charge >= 0.3 is 5.97 Å². The first-order chi connectivity index (χ1) is 7.31. The van der Waals surface area contributed by atoms with E-state index in [2.05, 4.69) is 0 Å². The third-order valence-corrected chi connectivity index (χ3v) is 2.16. The van der Waals surface area contributed by atoms with Gasteiger partial charge in [0.25, 0.3) is 0 Å². The average Bonchev–Trinajstić information content (AvgIpc) is 2.61. The molecule has 1 aromatic carbocycles. The molecule has 0 aromatic heterocycles. The summed E-state index contributed by atoms with van der Waals surface area (Å²) in [5.74, 6) is -0.320. The Kier molecular flexibility index (Phi) is 2.83. The number of carbonyl (C=O) groups excluding carboxylic acids is 1. The first kappa shape index (κ1) is 9.93. The van der Waals surface area contributed by atoms with Crippen molar-refractivity contribution >= 4 is 11.5 Å². The SMILES string of the molecule is CCOC1C=C(c2ccccc2)C(=O)O1. The normalized spacial score (nSPS) is 19.9. The molecule has 3 nitrogen and oxygen atoms in total. The molecular weight excluding hydrogens is 192 g/mol. The van der Waals surface area contributed by atoms with E-state index in [-0.39, 0.29) is 5.97 Å². The summed E-state index contributed by atoms with van der Waals surface area (Å²) in [7, 11) is 0. The van der Waals surface area contributed by atoms with Crippen LogP contribution in [0.3, 0.4) is 0 Å². The van der Waals surface area contributed by atoms with E-state index in [1.54, 1.807) is 6.08 Å². The summed E-state index contributed by atoms with van der Waals surface area (Å²) < 4.78 is 10.2. The van der Waals surface area contributed by atoms with Crippen molar-refractivity contribution in [1.29, 1.82) is 0 Å². The summed E-state index contributed by atoms with van der Waals surface area (Å²) in [6.07, 6.45) is 1.18. The van der Waals surface area contributed by atoms with Crippen LogP contribution in [0.25, 0.3) is 5.57 Å². The van der Waals surface area contributed by atoms with Crippen molar-refractivity contribution in [2.75, 3.05) is 6.61 Å². The Labute approximate surface area is 88.3 Å². The Hall–Kier alpha value is -1.61. The highest BCUT2D eigenvalue weighted by Crippen LogP contribution is 2.23. The van der Waals surface area contributed by atoms with Crippen molar-refractivity contribution in [2.45, 2.75) is 13.2 Å². The predicted octanol–water partition coefficient (Wildman–Crippen LogP) is 1.99. The Bertz CT molecular complexity index is 381. The van der Waals surface area contributed by atoms with Crippen LogP contribution in [0.2, 0.25) is 0 Å². The monoisotopic (exact) mass is 204 g/mol. The molecule has 0 saturated carbocycles.